The Labute approximate surface area is 104 Å². The largest absolute Gasteiger partial charge is 0.447 e. The minimum Gasteiger partial charge on any atom is -0.447 e. The van der Waals surface area contributed by atoms with Gasteiger partial charge in [0.1, 0.15) is 5.76 Å². The van der Waals surface area contributed by atoms with Crippen molar-refractivity contribution in [1.29, 1.82) is 0 Å². The highest BCUT2D eigenvalue weighted by atomic mass is 32.2. The van der Waals surface area contributed by atoms with Crippen LogP contribution in [0.1, 0.15) is 5.76 Å². The Morgan fingerprint density at radius 2 is 2.28 bits per heavy atom. The molecule has 2 rings (SSSR count). The maximum Gasteiger partial charge on any atom is 0.274 e. The van der Waals surface area contributed by atoms with Crippen molar-refractivity contribution in [3.63, 3.8) is 0 Å². The molecule has 2 aromatic heterocycles. The first-order chi connectivity index (χ1) is 8.62. The van der Waals surface area contributed by atoms with E-state index < -0.39 is 10.0 Å². The van der Waals surface area contributed by atoms with Crippen LogP contribution in [-0.4, -0.2) is 30.0 Å². The Morgan fingerprint density at radius 3 is 2.89 bits per heavy atom. The van der Waals surface area contributed by atoms with Gasteiger partial charge in [0.2, 0.25) is 5.09 Å². The average Bonchev–Trinajstić information content (AvgIpc) is 2.99. The van der Waals surface area contributed by atoms with E-state index in [-0.39, 0.29) is 18.2 Å². The molecule has 98 valence electrons. The third-order valence-corrected chi connectivity index (χ3v) is 3.54. The molecule has 0 radical (unpaired) electrons. The third kappa shape index (κ3) is 2.94. The monoisotopic (exact) mass is 271 g/mol. The molecule has 18 heavy (non-hydrogen) atoms. The van der Waals surface area contributed by atoms with E-state index in [0.29, 0.717) is 12.3 Å². The van der Waals surface area contributed by atoms with Crippen molar-refractivity contribution in [2.45, 2.75) is 18.2 Å². The highest BCUT2D eigenvalue weighted by Gasteiger charge is 2.17. The van der Waals surface area contributed by atoms with Gasteiger partial charge in [-0.3, -0.25) is 4.68 Å². The van der Waals surface area contributed by atoms with Crippen molar-refractivity contribution in [3.05, 3.63) is 30.3 Å². The van der Waals surface area contributed by atoms with Crippen LogP contribution in [0.5, 0.6) is 0 Å². The third-order valence-electron chi connectivity index (χ3n) is 2.21. The van der Waals surface area contributed by atoms with Crippen molar-refractivity contribution < 1.29 is 12.8 Å². The Balaban J connectivity index is 1.95. The van der Waals surface area contributed by atoms with Gasteiger partial charge in [-0.25, -0.2) is 13.1 Å². The van der Waals surface area contributed by atoms with Crippen molar-refractivity contribution in [2.24, 2.45) is 5.73 Å². The molecule has 0 spiro atoms. The zero-order chi connectivity index (χ0) is 13.0. The number of sulfonamides is 1. The lowest BCUT2D eigenvalue weighted by Crippen LogP contribution is -2.27. The van der Waals surface area contributed by atoms with E-state index >= 15 is 0 Å². The summed E-state index contributed by atoms with van der Waals surface area (Å²) in [7, 11) is -3.64. The van der Waals surface area contributed by atoms with Crippen LogP contribution < -0.4 is 10.5 Å². The predicted molar refractivity (Wildman–Crippen MR) is 61.8 cm³/mol. The molecule has 2 aromatic rings. The summed E-state index contributed by atoms with van der Waals surface area (Å²) < 4.78 is 32.6. The Hall–Kier alpha value is -1.71. The molecular formula is C9H13N5O3S. The van der Waals surface area contributed by atoms with E-state index in [1.807, 2.05) is 0 Å². The van der Waals surface area contributed by atoms with Crippen LogP contribution in [0.25, 0.3) is 0 Å². The molecule has 0 fully saturated rings. The normalized spacial score (nSPS) is 11.8. The molecule has 3 N–H and O–H groups in total. The molecule has 0 saturated carbocycles. The molecule has 9 heteroatoms. The number of aromatic nitrogens is 3. The first-order valence-electron chi connectivity index (χ1n) is 5.24. The van der Waals surface area contributed by atoms with Crippen LogP contribution >= 0.6 is 0 Å². The van der Waals surface area contributed by atoms with Crippen LogP contribution in [-0.2, 0) is 23.1 Å². The van der Waals surface area contributed by atoms with E-state index in [4.69, 9.17) is 10.2 Å². The van der Waals surface area contributed by atoms with Gasteiger partial charge in [-0.05, 0) is 12.1 Å². The number of hydrogen-bond donors (Lipinski definition) is 2. The topological polar surface area (TPSA) is 116 Å². The molecule has 0 aliphatic carbocycles. The molecule has 0 bridgehead atoms. The lowest BCUT2D eigenvalue weighted by molar-refractivity contribution is 0.412. The zero-order valence-electron chi connectivity index (χ0n) is 9.48. The number of nitrogens with one attached hydrogen (secondary N) is 1. The van der Waals surface area contributed by atoms with Gasteiger partial charge in [-0.1, -0.05) is 5.21 Å². The van der Waals surface area contributed by atoms with Crippen LogP contribution in [0.3, 0.4) is 0 Å². The molecule has 0 atom stereocenters. The zero-order valence-corrected chi connectivity index (χ0v) is 10.3. The molecule has 0 amide bonds. The van der Waals surface area contributed by atoms with Gasteiger partial charge in [0.25, 0.3) is 10.0 Å². The van der Waals surface area contributed by atoms with Crippen LogP contribution in [0.15, 0.2) is 34.0 Å². The van der Waals surface area contributed by atoms with E-state index in [1.54, 1.807) is 6.20 Å². The van der Waals surface area contributed by atoms with E-state index in [1.165, 1.54) is 23.0 Å². The minimum absolute atomic E-state index is 0.137. The lowest BCUT2D eigenvalue weighted by atomic mass is 10.5. The van der Waals surface area contributed by atoms with Crippen molar-refractivity contribution in [1.82, 2.24) is 19.7 Å². The first-order valence-corrected chi connectivity index (χ1v) is 6.72. The second-order valence-electron chi connectivity index (χ2n) is 3.49. The summed E-state index contributed by atoms with van der Waals surface area (Å²) in [5.41, 5.74) is 5.34. The Morgan fingerprint density at radius 1 is 1.44 bits per heavy atom. The maximum atomic E-state index is 11.8. The van der Waals surface area contributed by atoms with Crippen LogP contribution in [0.4, 0.5) is 0 Å². The first kappa shape index (κ1) is 12.7. The van der Waals surface area contributed by atoms with Crippen molar-refractivity contribution in [2.75, 3.05) is 6.54 Å². The Bertz CT molecular complexity index is 590. The molecule has 0 aliphatic rings. The summed E-state index contributed by atoms with van der Waals surface area (Å²) in [6.45, 7) is 0.752. The van der Waals surface area contributed by atoms with Gasteiger partial charge < -0.3 is 10.2 Å². The number of rotatable bonds is 6. The molecule has 0 aliphatic heterocycles. The molecule has 0 unspecified atom stereocenters. The molecule has 8 nitrogen and oxygen atoms in total. The summed E-state index contributed by atoms with van der Waals surface area (Å²) in [6.07, 6.45) is 3.17. The second kappa shape index (κ2) is 5.29. The smallest absolute Gasteiger partial charge is 0.274 e. The summed E-state index contributed by atoms with van der Waals surface area (Å²) in [6, 6.07) is 2.91. The van der Waals surface area contributed by atoms with Crippen molar-refractivity contribution in [3.8, 4) is 0 Å². The molecule has 0 aromatic carbocycles. The fourth-order valence-electron chi connectivity index (χ4n) is 1.33. The molecular weight excluding hydrogens is 258 g/mol. The number of furan rings is 1. The van der Waals surface area contributed by atoms with Gasteiger partial charge >= 0.3 is 0 Å². The standard InChI is InChI=1S/C9H13N5O3S/c10-7-8-1-2-9(17-8)18(15,16)12-4-6-14-5-3-11-13-14/h1-3,5,12H,4,6-7,10H2. The summed E-state index contributed by atoms with van der Waals surface area (Å²) in [4.78, 5) is 0. The number of nitrogens with zero attached hydrogens (tertiary/aromatic N) is 3. The summed E-state index contributed by atoms with van der Waals surface area (Å²) >= 11 is 0. The van der Waals surface area contributed by atoms with E-state index in [9.17, 15) is 8.42 Å². The predicted octanol–water partition coefficient (Wildman–Crippen LogP) is -0.692. The Kier molecular flexibility index (Phi) is 3.75. The molecule has 2 heterocycles. The number of nitrogens with two attached hydrogens (primary N) is 1. The fraction of sp³-hybridized carbons (Fsp3) is 0.333. The van der Waals surface area contributed by atoms with E-state index in [0.717, 1.165) is 0 Å². The maximum absolute atomic E-state index is 11.8. The van der Waals surface area contributed by atoms with E-state index in [2.05, 4.69) is 15.0 Å². The van der Waals surface area contributed by atoms with Gasteiger partial charge in [-0.2, -0.15) is 0 Å². The quantitative estimate of drug-likeness (QED) is 0.718. The van der Waals surface area contributed by atoms with Crippen LogP contribution in [0.2, 0.25) is 0 Å². The lowest BCUT2D eigenvalue weighted by Gasteiger charge is -2.03. The number of hydrogen-bond acceptors (Lipinski definition) is 6. The SMILES string of the molecule is NCc1ccc(S(=O)(=O)NCCn2ccnn2)o1. The minimum atomic E-state index is -3.64. The summed E-state index contributed by atoms with van der Waals surface area (Å²) in [5, 5.41) is 7.19. The van der Waals surface area contributed by atoms with Gasteiger partial charge in [0.15, 0.2) is 0 Å². The second-order valence-corrected chi connectivity index (χ2v) is 5.19. The highest BCUT2D eigenvalue weighted by molar-refractivity contribution is 7.89. The van der Waals surface area contributed by atoms with Crippen LogP contribution in [0, 0.1) is 0 Å². The average molecular weight is 271 g/mol. The van der Waals surface area contributed by atoms with Crippen molar-refractivity contribution >= 4 is 10.0 Å². The fourth-order valence-corrected chi connectivity index (χ4v) is 2.30. The molecule has 0 saturated heterocycles. The van der Waals surface area contributed by atoms with Gasteiger partial charge in [0.05, 0.1) is 19.3 Å². The summed E-state index contributed by atoms with van der Waals surface area (Å²) in [5.74, 6) is 0.423. The van der Waals surface area contributed by atoms with Gasteiger partial charge in [0, 0.05) is 12.7 Å². The van der Waals surface area contributed by atoms with Gasteiger partial charge in [-0.15, -0.1) is 5.10 Å². The highest BCUT2D eigenvalue weighted by Crippen LogP contribution is 2.12.